The second kappa shape index (κ2) is 8.48. The van der Waals surface area contributed by atoms with Crippen molar-refractivity contribution in [3.63, 3.8) is 0 Å². The number of hydrogen-bond donors (Lipinski definition) is 2. The van der Waals surface area contributed by atoms with Gasteiger partial charge in [-0.25, -0.2) is 0 Å². The minimum Gasteiger partial charge on any atom is -0.396 e. The molecule has 1 unspecified atom stereocenters. The van der Waals surface area contributed by atoms with Gasteiger partial charge in [0, 0.05) is 32.3 Å². The quantitative estimate of drug-likeness (QED) is 0.712. The summed E-state index contributed by atoms with van der Waals surface area (Å²) in [6.07, 6.45) is 5.27. The Hall–Kier alpha value is -0.610. The summed E-state index contributed by atoms with van der Waals surface area (Å²) >= 11 is 0. The fourth-order valence-corrected chi connectivity index (χ4v) is 2.20. The Labute approximate surface area is 104 Å². The summed E-state index contributed by atoms with van der Waals surface area (Å²) in [5.74, 6) is 0.768. The number of aliphatic hydroxyl groups is 1. The zero-order chi connectivity index (χ0) is 12.5. The van der Waals surface area contributed by atoms with Crippen molar-refractivity contribution in [3.8, 4) is 0 Å². The molecule has 4 nitrogen and oxygen atoms in total. The van der Waals surface area contributed by atoms with E-state index in [1.807, 2.05) is 6.92 Å². The van der Waals surface area contributed by atoms with Gasteiger partial charge in [-0.2, -0.15) is 0 Å². The Morgan fingerprint density at radius 2 is 2.18 bits per heavy atom. The van der Waals surface area contributed by atoms with Crippen molar-refractivity contribution in [2.75, 3.05) is 19.8 Å². The average Bonchev–Trinajstić information content (AvgIpc) is 2.37. The van der Waals surface area contributed by atoms with Crippen molar-refractivity contribution in [1.82, 2.24) is 5.32 Å². The van der Waals surface area contributed by atoms with Crippen LogP contribution in [0.25, 0.3) is 0 Å². The van der Waals surface area contributed by atoms with Crippen LogP contribution in [0.5, 0.6) is 0 Å². The summed E-state index contributed by atoms with van der Waals surface area (Å²) in [5, 5.41) is 11.8. The first kappa shape index (κ1) is 14.5. The van der Waals surface area contributed by atoms with Crippen LogP contribution < -0.4 is 5.32 Å². The summed E-state index contributed by atoms with van der Waals surface area (Å²) in [4.78, 5) is 11.7. The van der Waals surface area contributed by atoms with E-state index < -0.39 is 0 Å². The van der Waals surface area contributed by atoms with E-state index in [9.17, 15) is 4.79 Å². The maximum absolute atomic E-state index is 11.7. The molecular formula is C13H25NO3. The van der Waals surface area contributed by atoms with Crippen molar-refractivity contribution in [2.24, 2.45) is 5.92 Å². The largest absolute Gasteiger partial charge is 0.396 e. The third-order valence-electron chi connectivity index (χ3n) is 3.46. The van der Waals surface area contributed by atoms with Gasteiger partial charge in [0.25, 0.3) is 0 Å². The Morgan fingerprint density at radius 3 is 2.76 bits per heavy atom. The number of carbonyl (C=O) groups is 1. The molecule has 1 saturated heterocycles. The number of nitrogens with one attached hydrogen (secondary N) is 1. The molecule has 0 aromatic carbocycles. The summed E-state index contributed by atoms with van der Waals surface area (Å²) in [6, 6.07) is 0.127. The molecule has 1 aliphatic heterocycles. The maximum atomic E-state index is 11.7. The number of aliphatic hydroxyl groups excluding tert-OH is 1. The van der Waals surface area contributed by atoms with E-state index in [1.165, 1.54) is 0 Å². The molecule has 0 aliphatic carbocycles. The van der Waals surface area contributed by atoms with Gasteiger partial charge in [-0.15, -0.1) is 0 Å². The Morgan fingerprint density at radius 1 is 1.47 bits per heavy atom. The van der Waals surface area contributed by atoms with E-state index in [0.29, 0.717) is 18.8 Å². The van der Waals surface area contributed by atoms with Crippen molar-refractivity contribution in [2.45, 2.75) is 51.5 Å². The minimum atomic E-state index is 0.122. The molecule has 100 valence electrons. The van der Waals surface area contributed by atoms with Crippen LogP contribution in [0.2, 0.25) is 0 Å². The molecule has 1 atom stereocenters. The SMILES string of the molecule is CCC(CCO)NC(=O)CCC1CCOCC1. The van der Waals surface area contributed by atoms with Gasteiger partial charge in [0.2, 0.25) is 5.91 Å². The molecule has 1 aliphatic rings. The van der Waals surface area contributed by atoms with Gasteiger partial charge >= 0.3 is 0 Å². The van der Waals surface area contributed by atoms with E-state index in [0.717, 1.165) is 38.9 Å². The number of hydrogen-bond acceptors (Lipinski definition) is 3. The summed E-state index contributed by atoms with van der Waals surface area (Å²) in [5.41, 5.74) is 0. The third-order valence-corrected chi connectivity index (χ3v) is 3.46. The highest BCUT2D eigenvalue weighted by Crippen LogP contribution is 2.19. The Balaban J connectivity index is 2.14. The molecule has 0 radical (unpaired) electrons. The molecule has 1 fully saturated rings. The fourth-order valence-electron chi connectivity index (χ4n) is 2.20. The lowest BCUT2D eigenvalue weighted by atomic mass is 9.95. The maximum Gasteiger partial charge on any atom is 0.220 e. The van der Waals surface area contributed by atoms with Crippen molar-refractivity contribution < 1.29 is 14.6 Å². The van der Waals surface area contributed by atoms with Gasteiger partial charge in [-0.1, -0.05) is 6.92 Å². The molecule has 4 heteroatoms. The van der Waals surface area contributed by atoms with Crippen LogP contribution in [0.1, 0.15) is 45.4 Å². The lowest BCUT2D eigenvalue weighted by Crippen LogP contribution is -2.35. The highest BCUT2D eigenvalue weighted by Gasteiger charge is 2.16. The number of amides is 1. The van der Waals surface area contributed by atoms with Crippen LogP contribution in [0.15, 0.2) is 0 Å². The monoisotopic (exact) mass is 243 g/mol. The van der Waals surface area contributed by atoms with E-state index in [2.05, 4.69) is 5.32 Å². The fraction of sp³-hybridized carbons (Fsp3) is 0.923. The first-order valence-electron chi connectivity index (χ1n) is 6.74. The van der Waals surface area contributed by atoms with Gasteiger partial charge in [-0.05, 0) is 38.0 Å². The molecule has 1 rings (SSSR count). The zero-order valence-corrected chi connectivity index (χ0v) is 10.8. The average molecular weight is 243 g/mol. The van der Waals surface area contributed by atoms with E-state index in [4.69, 9.17) is 9.84 Å². The predicted octanol–water partition coefficient (Wildman–Crippen LogP) is 1.47. The molecule has 0 bridgehead atoms. The topological polar surface area (TPSA) is 58.6 Å². The first-order valence-corrected chi connectivity index (χ1v) is 6.74. The first-order chi connectivity index (χ1) is 8.26. The molecule has 1 amide bonds. The third kappa shape index (κ3) is 6.03. The number of rotatable bonds is 7. The highest BCUT2D eigenvalue weighted by molar-refractivity contribution is 5.76. The molecule has 2 N–H and O–H groups in total. The second-order valence-corrected chi connectivity index (χ2v) is 4.78. The van der Waals surface area contributed by atoms with Crippen LogP contribution in [0.3, 0.4) is 0 Å². The number of ether oxygens (including phenoxy) is 1. The van der Waals surface area contributed by atoms with Crippen LogP contribution in [0, 0.1) is 5.92 Å². The predicted molar refractivity (Wildman–Crippen MR) is 66.7 cm³/mol. The highest BCUT2D eigenvalue weighted by atomic mass is 16.5. The van der Waals surface area contributed by atoms with E-state index >= 15 is 0 Å². The zero-order valence-electron chi connectivity index (χ0n) is 10.8. The van der Waals surface area contributed by atoms with Gasteiger partial charge in [0.15, 0.2) is 0 Å². The van der Waals surface area contributed by atoms with Crippen molar-refractivity contribution in [1.29, 1.82) is 0 Å². The van der Waals surface area contributed by atoms with Crippen molar-refractivity contribution in [3.05, 3.63) is 0 Å². The molecule has 1 heterocycles. The summed E-state index contributed by atoms with van der Waals surface area (Å²) in [7, 11) is 0. The summed E-state index contributed by atoms with van der Waals surface area (Å²) < 4.78 is 5.29. The lowest BCUT2D eigenvalue weighted by Gasteiger charge is -2.22. The molecule has 0 saturated carbocycles. The van der Waals surface area contributed by atoms with Crippen LogP contribution >= 0.6 is 0 Å². The van der Waals surface area contributed by atoms with Crippen LogP contribution in [-0.2, 0) is 9.53 Å². The standard InChI is InChI=1S/C13H25NO3/c1-2-12(5-8-15)14-13(16)4-3-11-6-9-17-10-7-11/h11-12,15H,2-10H2,1H3,(H,14,16). The van der Waals surface area contributed by atoms with E-state index in [1.54, 1.807) is 0 Å². The molecule has 0 spiro atoms. The van der Waals surface area contributed by atoms with Crippen LogP contribution in [0.4, 0.5) is 0 Å². The number of carbonyl (C=O) groups excluding carboxylic acids is 1. The van der Waals surface area contributed by atoms with Gasteiger partial charge in [-0.3, -0.25) is 4.79 Å². The lowest BCUT2D eigenvalue weighted by molar-refractivity contribution is -0.122. The molecule has 0 aromatic heterocycles. The molecule has 17 heavy (non-hydrogen) atoms. The molecule has 0 aromatic rings. The Kier molecular flexibility index (Phi) is 7.21. The van der Waals surface area contributed by atoms with E-state index in [-0.39, 0.29) is 18.6 Å². The van der Waals surface area contributed by atoms with Gasteiger partial charge < -0.3 is 15.2 Å². The van der Waals surface area contributed by atoms with Crippen molar-refractivity contribution >= 4 is 5.91 Å². The summed E-state index contributed by atoms with van der Waals surface area (Å²) in [6.45, 7) is 3.85. The normalized spacial score (nSPS) is 18.9. The smallest absolute Gasteiger partial charge is 0.220 e. The van der Waals surface area contributed by atoms with Crippen LogP contribution in [-0.4, -0.2) is 36.9 Å². The van der Waals surface area contributed by atoms with Gasteiger partial charge in [0.05, 0.1) is 0 Å². The second-order valence-electron chi connectivity index (χ2n) is 4.78. The Bertz CT molecular complexity index is 215. The molecular weight excluding hydrogens is 218 g/mol. The van der Waals surface area contributed by atoms with Gasteiger partial charge in [0.1, 0.15) is 0 Å². The minimum absolute atomic E-state index is 0.122.